The van der Waals surface area contributed by atoms with Gasteiger partial charge in [0.05, 0.1) is 0 Å². The molecule has 0 aliphatic rings. The maximum Gasteiger partial charge on any atom is 0.221 e. The van der Waals surface area contributed by atoms with Gasteiger partial charge in [-0.25, -0.2) is 0 Å². The van der Waals surface area contributed by atoms with Gasteiger partial charge < -0.3 is 11.1 Å². The van der Waals surface area contributed by atoms with Gasteiger partial charge >= 0.3 is 0 Å². The lowest BCUT2D eigenvalue weighted by molar-refractivity contribution is -0.121. The fraction of sp³-hybridized carbons (Fsp3) is 0.909. The first-order valence-electron chi connectivity index (χ1n) is 5.74. The van der Waals surface area contributed by atoms with Crippen molar-refractivity contribution < 1.29 is 4.79 Å². The molecule has 3 nitrogen and oxygen atoms in total. The van der Waals surface area contributed by atoms with Crippen molar-refractivity contribution in [1.82, 2.24) is 5.32 Å². The zero-order valence-electron chi connectivity index (χ0n) is 9.51. The number of hydrogen-bond donors (Lipinski definition) is 2. The molecule has 0 aliphatic heterocycles. The highest BCUT2D eigenvalue weighted by Gasteiger charge is 2.09. The summed E-state index contributed by atoms with van der Waals surface area (Å²) in [4.78, 5) is 11.3. The van der Waals surface area contributed by atoms with Gasteiger partial charge in [0.1, 0.15) is 0 Å². The van der Waals surface area contributed by atoms with Crippen LogP contribution in [0.15, 0.2) is 0 Å². The number of amides is 1. The number of nitrogens with one attached hydrogen (secondary N) is 1. The van der Waals surface area contributed by atoms with Crippen molar-refractivity contribution in [3.8, 4) is 0 Å². The first-order valence-corrected chi connectivity index (χ1v) is 5.74. The van der Waals surface area contributed by atoms with Crippen LogP contribution in [0.2, 0.25) is 0 Å². The van der Waals surface area contributed by atoms with E-state index >= 15 is 0 Å². The predicted octanol–water partition coefficient (Wildman–Crippen LogP) is 1.81. The second-order valence-electron chi connectivity index (χ2n) is 3.73. The Labute approximate surface area is 87.4 Å². The van der Waals surface area contributed by atoms with E-state index in [0.717, 1.165) is 19.3 Å². The summed E-state index contributed by atoms with van der Waals surface area (Å²) in [5.74, 6) is 0.0991. The molecule has 0 aliphatic carbocycles. The molecule has 1 atom stereocenters. The summed E-state index contributed by atoms with van der Waals surface area (Å²) in [6, 6.07) is 0.360. The van der Waals surface area contributed by atoms with Crippen LogP contribution in [-0.4, -0.2) is 18.5 Å². The molecule has 0 heterocycles. The first-order chi connectivity index (χ1) is 6.74. The molecule has 0 aromatic carbocycles. The summed E-state index contributed by atoms with van der Waals surface area (Å²) in [6.45, 7) is 4.76. The molecule has 3 heteroatoms. The van der Waals surface area contributed by atoms with Crippen LogP contribution in [0, 0.1) is 0 Å². The quantitative estimate of drug-likeness (QED) is 0.628. The molecule has 84 valence electrons. The summed E-state index contributed by atoms with van der Waals surface area (Å²) >= 11 is 0. The number of nitrogens with two attached hydrogens (primary N) is 1. The largest absolute Gasteiger partial charge is 0.353 e. The van der Waals surface area contributed by atoms with E-state index in [4.69, 9.17) is 5.73 Å². The third-order valence-corrected chi connectivity index (χ3v) is 2.28. The van der Waals surface area contributed by atoms with Crippen molar-refractivity contribution in [2.75, 3.05) is 6.54 Å². The highest BCUT2D eigenvalue weighted by Crippen LogP contribution is 2.06. The zero-order chi connectivity index (χ0) is 10.8. The van der Waals surface area contributed by atoms with Crippen molar-refractivity contribution in [3.63, 3.8) is 0 Å². The second-order valence-corrected chi connectivity index (χ2v) is 3.73. The minimum absolute atomic E-state index is 0.0991. The van der Waals surface area contributed by atoms with Crippen molar-refractivity contribution in [3.05, 3.63) is 0 Å². The van der Waals surface area contributed by atoms with Crippen LogP contribution < -0.4 is 11.1 Å². The molecule has 0 bridgehead atoms. The van der Waals surface area contributed by atoms with Gasteiger partial charge in [-0.15, -0.1) is 0 Å². The average Bonchev–Trinajstić information content (AvgIpc) is 2.15. The molecule has 3 N–H and O–H groups in total. The molecule has 0 aromatic heterocycles. The van der Waals surface area contributed by atoms with Crippen LogP contribution in [0.5, 0.6) is 0 Å². The topological polar surface area (TPSA) is 55.1 Å². The molecule has 0 radical (unpaired) electrons. The molecular formula is C11H24N2O. The van der Waals surface area contributed by atoms with Gasteiger partial charge in [-0.05, 0) is 12.8 Å². The Morgan fingerprint density at radius 1 is 1.29 bits per heavy atom. The van der Waals surface area contributed by atoms with Crippen LogP contribution in [0.4, 0.5) is 0 Å². The highest BCUT2D eigenvalue weighted by molar-refractivity contribution is 5.76. The molecule has 1 amide bonds. The van der Waals surface area contributed by atoms with E-state index < -0.39 is 0 Å². The van der Waals surface area contributed by atoms with Crippen molar-refractivity contribution >= 4 is 5.91 Å². The van der Waals surface area contributed by atoms with Gasteiger partial charge in [0.15, 0.2) is 0 Å². The number of rotatable bonds is 8. The SMILES string of the molecule is CCCCC(CCC)NC(=O)CCN. The summed E-state index contributed by atoms with van der Waals surface area (Å²) in [6.07, 6.45) is 6.13. The van der Waals surface area contributed by atoms with Gasteiger partial charge in [-0.2, -0.15) is 0 Å². The lowest BCUT2D eigenvalue weighted by Gasteiger charge is -2.17. The summed E-state index contributed by atoms with van der Waals surface area (Å²) in [5, 5.41) is 3.03. The van der Waals surface area contributed by atoms with Crippen LogP contribution in [-0.2, 0) is 4.79 Å². The smallest absolute Gasteiger partial charge is 0.221 e. The minimum Gasteiger partial charge on any atom is -0.353 e. The van der Waals surface area contributed by atoms with E-state index in [1.165, 1.54) is 12.8 Å². The number of unbranched alkanes of at least 4 members (excludes halogenated alkanes) is 1. The third kappa shape index (κ3) is 6.89. The van der Waals surface area contributed by atoms with E-state index in [-0.39, 0.29) is 5.91 Å². The van der Waals surface area contributed by atoms with E-state index in [1.54, 1.807) is 0 Å². The average molecular weight is 200 g/mol. The zero-order valence-corrected chi connectivity index (χ0v) is 9.51. The van der Waals surface area contributed by atoms with Crippen LogP contribution in [0.3, 0.4) is 0 Å². The summed E-state index contributed by atoms with van der Waals surface area (Å²) in [7, 11) is 0. The van der Waals surface area contributed by atoms with Gasteiger partial charge in [0, 0.05) is 19.0 Å². The maximum atomic E-state index is 11.3. The summed E-state index contributed by atoms with van der Waals surface area (Å²) in [5.41, 5.74) is 5.32. The van der Waals surface area contributed by atoms with Gasteiger partial charge in [-0.1, -0.05) is 33.1 Å². The highest BCUT2D eigenvalue weighted by atomic mass is 16.1. The van der Waals surface area contributed by atoms with Gasteiger partial charge in [0.25, 0.3) is 0 Å². The van der Waals surface area contributed by atoms with Crippen LogP contribution in [0.1, 0.15) is 52.4 Å². The Bertz CT molecular complexity index is 148. The maximum absolute atomic E-state index is 11.3. The number of carbonyl (C=O) groups is 1. The van der Waals surface area contributed by atoms with E-state index in [9.17, 15) is 4.79 Å². The molecule has 1 unspecified atom stereocenters. The van der Waals surface area contributed by atoms with Crippen molar-refractivity contribution in [2.24, 2.45) is 5.73 Å². The third-order valence-electron chi connectivity index (χ3n) is 2.28. The summed E-state index contributed by atoms with van der Waals surface area (Å²) < 4.78 is 0. The predicted molar refractivity (Wildman–Crippen MR) is 60.0 cm³/mol. The molecular weight excluding hydrogens is 176 g/mol. The fourth-order valence-corrected chi connectivity index (χ4v) is 1.52. The Morgan fingerprint density at radius 2 is 2.00 bits per heavy atom. The fourth-order valence-electron chi connectivity index (χ4n) is 1.52. The normalized spacial score (nSPS) is 12.5. The van der Waals surface area contributed by atoms with Gasteiger partial charge in [-0.3, -0.25) is 4.79 Å². The van der Waals surface area contributed by atoms with E-state index in [2.05, 4.69) is 19.2 Å². The molecule has 0 saturated heterocycles. The monoisotopic (exact) mass is 200 g/mol. The molecule has 0 fully saturated rings. The molecule has 0 rings (SSSR count). The standard InChI is InChI=1S/C11H24N2O/c1-3-5-7-10(6-4-2)13-11(14)8-9-12/h10H,3-9,12H2,1-2H3,(H,13,14). The Morgan fingerprint density at radius 3 is 2.50 bits per heavy atom. The van der Waals surface area contributed by atoms with Crippen LogP contribution >= 0.6 is 0 Å². The van der Waals surface area contributed by atoms with E-state index in [1.807, 2.05) is 0 Å². The van der Waals surface area contributed by atoms with Crippen molar-refractivity contribution in [1.29, 1.82) is 0 Å². The van der Waals surface area contributed by atoms with E-state index in [0.29, 0.717) is 19.0 Å². The molecule has 14 heavy (non-hydrogen) atoms. The van der Waals surface area contributed by atoms with Crippen molar-refractivity contribution in [2.45, 2.75) is 58.4 Å². The second kappa shape index (κ2) is 9.00. The minimum atomic E-state index is 0.0991. The lowest BCUT2D eigenvalue weighted by atomic mass is 10.1. The lowest BCUT2D eigenvalue weighted by Crippen LogP contribution is -2.35. The first kappa shape index (κ1) is 13.4. The van der Waals surface area contributed by atoms with Crippen LogP contribution in [0.25, 0.3) is 0 Å². The Hall–Kier alpha value is -0.570. The Balaban J connectivity index is 3.75. The molecule has 0 saturated carbocycles. The molecule has 0 aromatic rings. The Kier molecular flexibility index (Phi) is 8.64. The molecule has 0 spiro atoms. The van der Waals surface area contributed by atoms with Gasteiger partial charge in [0.2, 0.25) is 5.91 Å². The number of hydrogen-bond acceptors (Lipinski definition) is 2. The number of carbonyl (C=O) groups excluding carboxylic acids is 1.